The molecule has 102 valence electrons. The summed E-state index contributed by atoms with van der Waals surface area (Å²) < 4.78 is 0.664. The fourth-order valence-electron chi connectivity index (χ4n) is 1.62. The van der Waals surface area contributed by atoms with Crippen LogP contribution in [0, 0.1) is 0 Å². The number of hydrogen-bond donors (Lipinski definition) is 2. The fraction of sp³-hybridized carbons (Fsp3) is 0.273. The number of aliphatic carboxylic acids is 1. The number of urea groups is 1. The van der Waals surface area contributed by atoms with E-state index in [9.17, 15) is 9.59 Å². The third-order valence-corrected chi connectivity index (χ3v) is 4.83. The van der Waals surface area contributed by atoms with Crippen LogP contribution in [-0.2, 0) is 4.79 Å². The van der Waals surface area contributed by atoms with Gasteiger partial charge >= 0.3 is 12.0 Å². The molecule has 0 aromatic heterocycles. The van der Waals surface area contributed by atoms with Gasteiger partial charge in [-0.1, -0.05) is 11.6 Å². The monoisotopic (exact) mass is 364 g/mol. The molecule has 1 aliphatic rings. The first-order valence-electron chi connectivity index (χ1n) is 5.32. The van der Waals surface area contributed by atoms with Crippen LogP contribution in [0.5, 0.6) is 0 Å². The molecule has 8 heteroatoms. The summed E-state index contributed by atoms with van der Waals surface area (Å²) in [6.07, 6.45) is 0. The van der Waals surface area contributed by atoms with Crippen molar-refractivity contribution in [3.63, 3.8) is 0 Å². The second-order valence-corrected chi connectivity index (χ2v) is 6.14. The molecule has 0 radical (unpaired) electrons. The third kappa shape index (κ3) is 3.34. The van der Waals surface area contributed by atoms with Crippen LogP contribution < -0.4 is 5.32 Å². The lowest BCUT2D eigenvalue weighted by atomic mass is 10.3. The van der Waals surface area contributed by atoms with Crippen molar-refractivity contribution in [1.82, 2.24) is 4.90 Å². The van der Waals surface area contributed by atoms with Gasteiger partial charge in [0.15, 0.2) is 0 Å². The number of amides is 2. The van der Waals surface area contributed by atoms with Gasteiger partial charge in [0, 0.05) is 15.9 Å². The minimum atomic E-state index is -0.988. The average Bonchev–Trinajstić information content (AvgIpc) is 2.83. The van der Waals surface area contributed by atoms with Crippen molar-refractivity contribution in [3.8, 4) is 0 Å². The Morgan fingerprint density at radius 2 is 2.26 bits per heavy atom. The molecule has 0 aliphatic carbocycles. The van der Waals surface area contributed by atoms with E-state index < -0.39 is 18.0 Å². The van der Waals surface area contributed by atoms with E-state index in [2.05, 4.69) is 21.2 Å². The van der Waals surface area contributed by atoms with E-state index >= 15 is 0 Å². The number of carbonyl (C=O) groups is 2. The summed E-state index contributed by atoms with van der Waals surface area (Å²) >= 11 is 10.5. The Hall–Kier alpha value is -0.920. The van der Waals surface area contributed by atoms with Crippen LogP contribution in [0.3, 0.4) is 0 Å². The van der Waals surface area contributed by atoms with Gasteiger partial charge in [-0.3, -0.25) is 0 Å². The summed E-state index contributed by atoms with van der Waals surface area (Å²) in [6, 6.07) is 3.77. The molecular weight excluding hydrogens is 356 g/mol. The van der Waals surface area contributed by atoms with E-state index in [1.165, 1.54) is 16.7 Å². The smallest absolute Gasteiger partial charge is 0.327 e. The lowest BCUT2D eigenvalue weighted by molar-refractivity contribution is -0.140. The second-order valence-electron chi connectivity index (χ2n) is 3.88. The van der Waals surface area contributed by atoms with Gasteiger partial charge in [0.1, 0.15) is 6.04 Å². The molecule has 1 saturated heterocycles. The lowest BCUT2D eigenvalue weighted by Gasteiger charge is -2.21. The van der Waals surface area contributed by atoms with Gasteiger partial charge in [-0.15, -0.1) is 11.8 Å². The van der Waals surface area contributed by atoms with Crippen LogP contribution in [0.1, 0.15) is 0 Å². The molecule has 1 aliphatic heterocycles. The van der Waals surface area contributed by atoms with Gasteiger partial charge < -0.3 is 15.3 Å². The highest BCUT2D eigenvalue weighted by Gasteiger charge is 2.34. The van der Waals surface area contributed by atoms with Gasteiger partial charge in [-0.25, -0.2) is 9.59 Å². The molecule has 2 rings (SSSR count). The highest BCUT2D eigenvalue weighted by Crippen LogP contribution is 2.27. The van der Waals surface area contributed by atoms with E-state index in [0.717, 1.165) is 0 Å². The summed E-state index contributed by atoms with van der Waals surface area (Å²) in [7, 11) is 0. The Morgan fingerprint density at radius 3 is 2.89 bits per heavy atom. The zero-order valence-corrected chi connectivity index (χ0v) is 12.8. The molecule has 1 aromatic carbocycles. The number of nitrogens with one attached hydrogen (secondary N) is 1. The summed E-state index contributed by atoms with van der Waals surface area (Å²) in [6.45, 7) is 0. The van der Waals surface area contributed by atoms with E-state index in [1.54, 1.807) is 18.2 Å². The number of carbonyl (C=O) groups excluding carboxylic acids is 1. The number of anilines is 1. The molecule has 1 fully saturated rings. The summed E-state index contributed by atoms with van der Waals surface area (Å²) in [4.78, 5) is 24.3. The maximum absolute atomic E-state index is 12.0. The minimum Gasteiger partial charge on any atom is -0.480 e. The van der Waals surface area contributed by atoms with Crippen LogP contribution in [0.25, 0.3) is 0 Å². The number of carboxylic acid groups (broad SMARTS) is 1. The number of rotatable bonds is 2. The highest BCUT2D eigenvalue weighted by molar-refractivity contribution is 9.10. The van der Waals surface area contributed by atoms with Gasteiger partial charge in [0.2, 0.25) is 0 Å². The first-order chi connectivity index (χ1) is 8.99. The van der Waals surface area contributed by atoms with Crippen LogP contribution >= 0.6 is 39.3 Å². The summed E-state index contributed by atoms with van der Waals surface area (Å²) in [5.41, 5.74) is 0.558. The Labute approximate surface area is 127 Å². The fourth-order valence-corrected chi connectivity index (χ4v) is 3.26. The number of thioether (sulfide) groups is 1. The van der Waals surface area contributed by atoms with Gasteiger partial charge in [0.05, 0.1) is 10.9 Å². The minimum absolute atomic E-state index is 0.373. The van der Waals surface area contributed by atoms with Crippen LogP contribution in [-0.4, -0.2) is 39.7 Å². The molecule has 1 atom stereocenters. The molecule has 0 spiro atoms. The molecule has 0 bridgehead atoms. The number of benzene rings is 1. The lowest BCUT2D eigenvalue weighted by Crippen LogP contribution is -2.43. The van der Waals surface area contributed by atoms with Crippen molar-refractivity contribution in [2.75, 3.05) is 16.9 Å². The van der Waals surface area contributed by atoms with Gasteiger partial charge in [0.25, 0.3) is 0 Å². The Bertz CT molecular complexity index is 529. The molecule has 2 amide bonds. The van der Waals surface area contributed by atoms with Crippen molar-refractivity contribution in [3.05, 3.63) is 27.7 Å². The molecule has 5 nitrogen and oxygen atoms in total. The van der Waals surface area contributed by atoms with Gasteiger partial charge in [-0.2, -0.15) is 0 Å². The van der Waals surface area contributed by atoms with Crippen molar-refractivity contribution < 1.29 is 14.7 Å². The van der Waals surface area contributed by atoms with Crippen LogP contribution in [0.2, 0.25) is 5.02 Å². The summed E-state index contributed by atoms with van der Waals surface area (Å²) in [5.74, 6) is -0.206. The van der Waals surface area contributed by atoms with Crippen molar-refractivity contribution >= 4 is 57.0 Å². The zero-order valence-electron chi connectivity index (χ0n) is 9.60. The normalized spacial score (nSPS) is 18.4. The number of halogens is 2. The Morgan fingerprint density at radius 1 is 1.53 bits per heavy atom. The number of hydrogen-bond acceptors (Lipinski definition) is 3. The Kier molecular flexibility index (Phi) is 4.59. The first kappa shape index (κ1) is 14.5. The standard InChI is InChI=1S/C11H10BrClN2O3S/c12-7-3-6(1-2-8(7)13)14-11(18)15-5-19-4-9(15)10(16)17/h1-3,9H,4-5H2,(H,14,18)(H,16,17). The second kappa shape index (κ2) is 6.02. The molecule has 1 heterocycles. The molecule has 19 heavy (non-hydrogen) atoms. The van der Waals surface area contributed by atoms with E-state index in [1.807, 2.05) is 0 Å². The third-order valence-electron chi connectivity index (χ3n) is 2.60. The van der Waals surface area contributed by atoms with Crippen molar-refractivity contribution in [1.29, 1.82) is 0 Å². The molecule has 0 saturated carbocycles. The average molecular weight is 366 g/mol. The molecule has 2 N–H and O–H groups in total. The Balaban J connectivity index is 2.08. The highest BCUT2D eigenvalue weighted by atomic mass is 79.9. The van der Waals surface area contributed by atoms with E-state index in [0.29, 0.717) is 26.8 Å². The van der Waals surface area contributed by atoms with Gasteiger partial charge in [-0.05, 0) is 34.1 Å². The maximum atomic E-state index is 12.0. The maximum Gasteiger partial charge on any atom is 0.327 e. The predicted octanol–water partition coefficient (Wildman–Crippen LogP) is 3.09. The van der Waals surface area contributed by atoms with E-state index in [-0.39, 0.29) is 0 Å². The first-order valence-corrected chi connectivity index (χ1v) is 7.65. The zero-order chi connectivity index (χ0) is 14.0. The van der Waals surface area contributed by atoms with E-state index in [4.69, 9.17) is 16.7 Å². The van der Waals surface area contributed by atoms with Crippen LogP contribution in [0.4, 0.5) is 10.5 Å². The number of nitrogens with zero attached hydrogens (tertiary/aromatic N) is 1. The van der Waals surface area contributed by atoms with Crippen molar-refractivity contribution in [2.45, 2.75) is 6.04 Å². The molecule has 1 unspecified atom stereocenters. The number of carboxylic acids is 1. The molecule has 1 aromatic rings. The predicted molar refractivity (Wildman–Crippen MR) is 78.8 cm³/mol. The summed E-state index contributed by atoms with van der Waals surface area (Å²) in [5, 5.41) is 12.2. The SMILES string of the molecule is O=C(O)C1CSCN1C(=O)Nc1ccc(Cl)c(Br)c1. The quantitative estimate of drug-likeness (QED) is 0.845. The largest absolute Gasteiger partial charge is 0.480 e. The topological polar surface area (TPSA) is 69.6 Å². The van der Waals surface area contributed by atoms with Crippen LogP contribution in [0.15, 0.2) is 22.7 Å². The molecular formula is C11H10BrClN2O3S. The van der Waals surface area contributed by atoms with Crippen molar-refractivity contribution in [2.24, 2.45) is 0 Å².